The third-order valence-corrected chi connectivity index (χ3v) is 3.90. The molecular formula is C11H14O4S. The van der Waals surface area contributed by atoms with Crippen LogP contribution in [0.5, 0.6) is 0 Å². The van der Waals surface area contributed by atoms with Gasteiger partial charge in [-0.3, -0.25) is 4.55 Å². The number of hydrogen-bond donors (Lipinski definition) is 1. The fourth-order valence-electron chi connectivity index (χ4n) is 2.21. The lowest BCUT2D eigenvalue weighted by Crippen LogP contribution is -2.15. The average molecular weight is 242 g/mol. The molecule has 1 N–H and O–H groups in total. The normalized spacial score (nSPS) is 21.1. The Labute approximate surface area is 95.1 Å². The number of allylic oxidation sites excluding steroid dienone is 5. The van der Waals surface area contributed by atoms with Gasteiger partial charge < -0.3 is 4.74 Å². The summed E-state index contributed by atoms with van der Waals surface area (Å²) >= 11 is 0. The van der Waals surface area contributed by atoms with Crippen LogP contribution in [-0.4, -0.2) is 20.1 Å². The molecule has 16 heavy (non-hydrogen) atoms. The Hall–Kier alpha value is -1.07. The molecule has 2 aliphatic rings. The summed E-state index contributed by atoms with van der Waals surface area (Å²) in [5.41, 5.74) is 1.72. The van der Waals surface area contributed by atoms with Crippen molar-refractivity contribution >= 4 is 10.1 Å². The third-order valence-electron chi connectivity index (χ3n) is 2.93. The van der Waals surface area contributed by atoms with Crippen LogP contribution in [0.25, 0.3) is 0 Å². The maximum atomic E-state index is 11.4. The van der Waals surface area contributed by atoms with E-state index < -0.39 is 10.1 Å². The highest BCUT2D eigenvalue weighted by molar-refractivity contribution is 7.90. The van der Waals surface area contributed by atoms with Crippen molar-refractivity contribution in [2.24, 2.45) is 0 Å². The molecule has 2 rings (SSSR count). The van der Waals surface area contributed by atoms with Crippen LogP contribution in [0.2, 0.25) is 0 Å². The van der Waals surface area contributed by atoms with Crippen molar-refractivity contribution < 1.29 is 17.7 Å². The van der Waals surface area contributed by atoms with E-state index in [1.165, 1.54) is 7.11 Å². The minimum atomic E-state index is -4.21. The van der Waals surface area contributed by atoms with Gasteiger partial charge in [-0.25, -0.2) is 0 Å². The van der Waals surface area contributed by atoms with Gasteiger partial charge in [-0.2, -0.15) is 8.42 Å². The van der Waals surface area contributed by atoms with Crippen molar-refractivity contribution in [1.82, 2.24) is 0 Å². The molecule has 0 aromatic heterocycles. The molecule has 0 atom stereocenters. The van der Waals surface area contributed by atoms with Gasteiger partial charge in [0.1, 0.15) is 10.7 Å². The van der Waals surface area contributed by atoms with Crippen LogP contribution in [0.4, 0.5) is 0 Å². The second-order valence-electron chi connectivity index (χ2n) is 3.89. The van der Waals surface area contributed by atoms with E-state index in [2.05, 4.69) is 0 Å². The lowest BCUT2D eigenvalue weighted by atomic mass is 9.89. The van der Waals surface area contributed by atoms with Gasteiger partial charge in [-0.1, -0.05) is 17.7 Å². The van der Waals surface area contributed by atoms with E-state index in [4.69, 9.17) is 4.74 Å². The zero-order valence-corrected chi connectivity index (χ0v) is 9.88. The SMILES string of the molecule is COC1=C(S(=O)(=O)O)C2=C(CCC=C2)CC1. The van der Waals surface area contributed by atoms with Crippen molar-refractivity contribution in [3.63, 3.8) is 0 Å². The van der Waals surface area contributed by atoms with Crippen LogP contribution in [0.3, 0.4) is 0 Å². The molecule has 0 saturated heterocycles. The zero-order chi connectivity index (χ0) is 11.8. The number of rotatable bonds is 2. The van der Waals surface area contributed by atoms with E-state index in [1.807, 2.05) is 6.08 Å². The van der Waals surface area contributed by atoms with E-state index in [0.29, 0.717) is 17.8 Å². The molecule has 0 amide bonds. The third kappa shape index (κ3) is 1.92. The molecule has 0 spiro atoms. The molecule has 4 nitrogen and oxygen atoms in total. The summed E-state index contributed by atoms with van der Waals surface area (Å²) in [6, 6.07) is 0. The van der Waals surface area contributed by atoms with Gasteiger partial charge in [-0.15, -0.1) is 0 Å². The second-order valence-corrected chi connectivity index (χ2v) is 5.25. The van der Waals surface area contributed by atoms with Gasteiger partial charge in [0, 0.05) is 6.42 Å². The molecule has 0 radical (unpaired) electrons. The van der Waals surface area contributed by atoms with Gasteiger partial charge >= 0.3 is 0 Å². The standard InChI is InChI=1S/C11H14O4S/c1-15-10-7-6-8-4-2-3-5-9(8)11(10)16(12,13)14/h3,5H,2,4,6-7H2,1H3,(H,12,13,14). The zero-order valence-electron chi connectivity index (χ0n) is 9.06. The summed E-state index contributed by atoms with van der Waals surface area (Å²) in [6.45, 7) is 0. The molecule has 5 heteroatoms. The fourth-order valence-corrected chi connectivity index (χ4v) is 3.18. The number of ether oxygens (including phenoxy) is 1. The van der Waals surface area contributed by atoms with Crippen molar-refractivity contribution in [2.45, 2.75) is 25.7 Å². The summed E-state index contributed by atoms with van der Waals surface area (Å²) in [5.74, 6) is 0.354. The van der Waals surface area contributed by atoms with Crippen LogP contribution in [0.15, 0.2) is 34.0 Å². The van der Waals surface area contributed by atoms with E-state index in [1.54, 1.807) is 6.08 Å². The summed E-state index contributed by atoms with van der Waals surface area (Å²) < 4.78 is 37.0. The highest BCUT2D eigenvalue weighted by Crippen LogP contribution is 2.38. The summed E-state index contributed by atoms with van der Waals surface area (Å²) in [4.78, 5) is -0.0489. The first-order valence-electron chi connectivity index (χ1n) is 5.17. The molecular weight excluding hydrogens is 228 g/mol. The van der Waals surface area contributed by atoms with Gasteiger partial charge in [0.15, 0.2) is 0 Å². The Morgan fingerprint density at radius 3 is 2.69 bits per heavy atom. The van der Waals surface area contributed by atoms with Crippen molar-refractivity contribution in [3.05, 3.63) is 34.0 Å². The summed E-state index contributed by atoms with van der Waals surface area (Å²) in [6.07, 6.45) is 6.82. The topological polar surface area (TPSA) is 63.6 Å². The van der Waals surface area contributed by atoms with Crippen molar-refractivity contribution in [1.29, 1.82) is 0 Å². The van der Waals surface area contributed by atoms with E-state index in [9.17, 15) is 13.0 Å². The lowest BCUT2D eigenvalue weighted by Gasteiger charge is -2.24. The molecule has 0 fully saturated rings. The Morgan fingerprint density at radius 1 is 1.31 bits per heavy atom. The Balaban J connectivity index is 2.60. The predicted octanol–water partition coefficient (Wildman–Crippen LogP) is 2.17. The van der Waals surface area contributed by atoms with Crippen LogP contribution < -0.4 is 0 Å². The summed E-state index contributed by atoms with van der Waals surface area (Å²) in [5, 5.41) is 0. The fraction of sp³-hybridized carbons (Fsp3) is 0.455. The molecule has 0 aliphatic heterocycles. The molecule has 88 valence electrons. The maximum Gasteiger partial charge on any atom is 0.298 e. The Morgan fingerprint density at radius 2 is 2.06 bits per heavy atom. The van der Waals surface area contributed by atoms with Crippen LogP contribution >= 0.6 is 0 Å². The minimum Gasteiger partial charge on any atom is -0.500 e. The van der Waals surface area contributed by atoms with E-state index in [-0.39, 0.29) is 4.91 Å². The minimum absolute atomic E-state index is 0.0489. The Kier molecular flexibility index (Phi) is 2.90. The number of methoxy groups -OCH3 is 1. The predicted molar refractivity (Wildman–Crippen MR) is 60.2 cm³/mol. The van der Waals surface area contributed by atoms with E-state index in [0.717, 1.165) is 24.8 Å². The molecule has 0 unspecified atom stereocenters. The molecule has 2 aliphatic carbocycles. The first-order valence-corrected chi connectivity index (χ1v) is 6.61. The second kappa shape index (κ2) is 4.07. The van der Waals surface area contributed by atoms with Crippen LogP contribution in [0.1, 0.15) is 25.7 Å². The molecule has 0 aromatic rings. The largest absolute Gasteiger partial charge is 0.500 e. The van der Waals surface area contributed by atoms with Crippen LogP contribution in [-0.2, 0) is 14.9 Å². The maximum absolute atomic E-state index is 11.4. The van der Waals surface area contributed by atoms with E-state index >= 15 is 0 Å². The summed E-state index contributed by atoms with van der Waals surface area (Å²) in [7, 11) is -2.78. The highest BCUT2D eigenvalue weighted by atomic mass is 32.2. The van der Waals surface area contributed by atoms with Crippen molar-refractivity contribution in [2.75, 3.05) is 7.11 Å². The smallest absolute Gasteiger partial charge is 0.298 e. The molecule has 0 heterocycles. The lowest BCUT2D eigenvalue weighted by molar-refractivity contribution is 0.272. The first-order chi connectivity index (χ1) is 7.54. The average Bonchev–Trinajstić information content (AvgIpc) is 2.26. The van der Waals surface area contributed by atoms with Gasteiger partial charge in [0.05, 0.1) is 7.11 Å². The molecule has 0 bridgehead atoms. The monoisotopic (exact) mass is 242 g/mol. The highest BCUT2D eigenvalue weighted by Gasteiger charge is 2.30. The van der Waals surface area contributed by atoms with Gasteiger partial charge in [0.2, 0.25) is 0 Å². The first kappa shape index (κ1) is 11.4. The van der Waals surface area contributed by atoms with Gasteiger partial charge in [0.25, 0.3) is 10.1 Å². The van der Waals surface area contributed by atoms with Crippen LogP contribution in [0, 0.1) is 0 Å². The number of hydrogen-bond acceptors (Lipinski definition) is 3. The Bertz CT molecular complexity index is 494. The van der Waals surface area contributed by atoms with Crippen molar-refractivity contribution in [3.8, 4) is 0 Å². The molecule has 0 saturated carbocycles. The molecule has 0 aromatic carbocycles. The van der Waals surface area contributed by atoms with Gasteiger partial charge in [-0.05, 0) is 24.8 Å². The quantitative estimate of drug-likeness (QED) is 0.754.